The number of fused-ring (bicyclic) bond motifs is 2. The minimum Gasteiger partial charge on any atom is -0.396 e. The van der Waals surface area contributed by atoms with E-state index in [-0.39, 0.29) is 41.5 Å². The highest BCUT2D eigenvalue weighted by Crippen LogP contribution is 2.75. The van der Waals surface area contributed by atoms with Crippen LogP contribution in [0.3, 0.4) is 0 Å². The molecule has 4 N–H and O–H groups in total. The Labute approximate surface area is 145 Å². The van der Waals surface area contributed by atoms with Crippen LogP contribution < -0.4 is 0 Å². The summed E-state index contributed by atoms with van der Waals surface area (Å²) in [6.07, 6.45) is 7.12. The lowest BCUT2D eigenvalue weighted by Gasteiger charge is -2.66. The van der Waals surface area contributed by atoms with Crippen molar-refractivity contribution in [3.05, 3.63) is 0 Å². The largest absolute Gasteiger partial charge is 0.396 e. The van der Waals surface area contributed by atoms with Crippen molar-refractivity contribution in [1.82, 2.24) is 0 Å². The molecule has 4 nitrogen and oxygen atoms in total. The number of aliphatic hydroxyl groups is 4. The van der Waals surface area contributed by atoms with Crippen molar-refractivity contribution in [3.63, 3.8) is 0 Å². The summed E-state index contributed by atoms with van der Waals surface area (Å²) in [5.74, 6) is 1.22. The minimum absolute atomic E-state index is 0.0244. The second kappa shape index (κ2) is 5.18. The fourth-order valence-electron chi connectivity index (χ4n) is 8.12. The van der Waals surface area contributed by atoms with Crippen LogP contribution in [-0.2, 0) is 0 Å². The molecule has 24 heavy (non-hydrogen) atoms. The SMILES string of the molecule is C[C@]1(CO)C[C@H](O)C[C@@]2(C)C1CC[C@H]1C[C@H]3C[C@]12CC[C@@]3(O)CO. The molecule has 4 fully saturated rings. The van der Waals surface area contributed by atoms with Gasteiger partial charge in [-0.15, -0.1) is 0 Å². The smallest absolute Gasteiger partial charge is 0.0905 e. The van der Waals surface area contributed by atoms with Gasteiger partial charge in [0, 0.05) is 6.61 Å². The van der Waals surface area contributed by atoms with Gasteiger partial charge in [0.1, 0.15) is 0 Å². The third-order valence-corrected chi connectivity index (χ3v) is 9.27. The predicted octanol–water partition coefficient (Wildman–Crippen LogP) is 2.09. The molecular formula is C20H34O4. The Morgan fingerprint density at radius 1 is 0.917 bits per heavy atom. The van der Waals surface area contributed by atoms with E-state index < -0.39 is 5.60 Å². The molecule has 0 aromatic rings. The molecule has 0 aliphatic heterocycles. The number of hydrogen-bond donors (Lipinski definition) is 4. The predicted molar refractivity (Wildman–Crippen MR) is 91.2 cm³/mol. The fourth-order valence-corrected chi connectivity index (χ4v) is 8.12. The van der Waals surface area contributed by atoms with E-state index in [2.05, 4.69) is 13.8 Å². The van der Waals surface area contributed by atoms with Crippen LogP contribution in [0.4, 0.5) is 0 Å². The van der Waals surface area contributed by atoms with Gasteiger partial charge in [0.25, 0.3) is 0 Å². The van der Waals surface area contributed by atoms with E-state index in [1.54, 1.807) is 0 Å². The summed E-state index contributed by atoms with van der Waals surface area (Å²) < 4.78 is 0. The van der Waals surface area contributed by atoms with Gasteiger partial charge in [0.2, 0.25) is 0 Å². The third-order valence-electron chi connectivity index (χ3n) is 9.27. The lowest BCUT2D eigenvalue weighted by atomic mass is 9.39. The van der Waals surface area contributed by atoms with Gasteiger partial charge in [-0.05, 0) is 85.4 Å². The first-order chi connectivity index (χ1) is 11.2. The zero-order valence-corrected chi connectivity index (χ0v) is 15.2. The van der Waals surface area contributed by atoms with E-state index in [0.29, 0.717) is 24.7 Å². The molecule has 1 unspecified atom stereocenters. The van der Waals surface area contributed by atoms with Crippen LogP contribution in [-0.4, -0.2) is 45.3 Å². The second-order valence-corrected chi connectivity index (χ2v) is 10.2. The van der Waals surface area contributed by atoms with Gasteiger partial charge >= 0.3 is 0 Å². The monoisotopic (exact) mass is 338 g/mol. The molecule has 0 amide bonds. The van der Waals surface area contributed by atoms with Gasteiger partial charge in [-0.2, -0.15) is 0 Å². The molecule has 8 atom stereocenters. The Morgan fingerprint density at radius 3 is 2.33 bits per heavy atom. The molecule has 4 rings (SSSR count). The maximum Gasteiger partial charge on any atom is 0.0905 e. The molecule has 2 bridgehead atoms. The van der Waals surface area contributed by atoms with Crippen molar-refractivity contribution in [2.45, 2.75) is 76.9 Å². The van der Waals surface area contributed by atoms with E-state index in [9.17, 15) is 20.4 Å². The molecule has 4 saturated carbocycles. The van der Waals surface area contributed by atoms with Crippen LogP contribution in [0.2, 0.25) is 0 Å². The molecular weight excluding hydrogens is 304 g/mol. The van der Waals surface area contributed by atoms with E-state index >= 15 is 0 Å². The van der Waals surface area contributed by atoms with Gasteiger partial charge in [0.05, 0.1) is 18.3 Å². The highest BCUT2D eigenvalue weighted by Gasteiger charge is 2.70. The highest BCUT2D eigenvalue weighted by molar-refractivity contribution is 5.19. The molecule has 0 saturated heterocycles. The van der Waals surface area contributed by atoms with E-state index in [4.69, 9.17) is 0 Å². The van der Waals surface area contributed by atoms with Crippen molar-refractivity contribution < 1.29 is 20.4 Å². The van der Waals surface area contributed by atoms with Crippen LogP contribution in [0.15, 0.2) is 0 Å². The topological polar surface area (TPSA) is 80.9 Å². The van der Waals surface area contributed by atoms with Crippen molar-refractivity contribution in [3.8, 4) is 0 Å². The maximum absolute atomic E-state index is 10.9. The van der Waals surface area contributed by atoms with Crippen LogP contribution in [0, 0.1) is 34.0 Å². The first kappa shape index (κ1) is 17.3. The highest BCUT2D eigenvalue weighted by atomic mass is 16.3. The maximum atomic E-state index is 10.9. The number of rotatable bonds is 2. The molecule has 0 heterocycles. The molecule has 1 spiro atoms. The summed E-state index contributed by atoms with van der Waals surface area (Å²) in [6.45, 7) is 4.55. The van der Waals surface area contributed by atoms with Gasteiger partial charge in [-0.3, -0.25) is 0 Å². The van der Waals surface area contributed by atoms with Crippen LogP contribution in [0.25, 0.3) is 0 Å². The van der Waals surface area contributed by atoms with Crippen molar-refractivity contribution in [1.29, 1.82) is 0 Å². The summed E-state index contributed by atoms with van der Waals surface area (Å²) >= 11 is 0. The number of hydrogen-bond acceptors (Lipinski definition) is 4. The quantitative estimate of drug-likeness (QED) is 0.621. The summed E-state index contributed by atoms with van der Waals surface area (Å²) in [4.78, 5) is 0. The van der Waals surface area contributed by atoms with Crippen molar-refractivity contribution in [2.75, 3.05) is 13.2 Å². The van der Waals surface area contributed by atoms with E-state index in [1.165, 1.54) is 6.42 Å². The minimum atomic E-state index is -0.901. The van der Waals surface area contributed by atoms with E-state index in [1.807, 2.05) is 0 Å². The van der Waals surface area contributed by atoms with Crippen LogP contribution in [0.1, 0.15) is 65.2 Å². The number of aliphatic hydroxyl groups excluding tert-OH is 3. The van der Waals surface area contributed by atoms with Gasteiger partial charge in [0.15, 0.2) is 0 Å². The fraction of sp³-hybridized carbons (Fsp3) is 1.00. The summed E-state index contributed by atoms with van der Waals surface area (Å²) in [7, 11) is 0. The zero-order chi connectivity index (χ0) is 17.4. The molecule has 4 heteroatoms. The summed E-state index contributed by atoms with van der Waals surface area (Å²) in [5.41, 5.74) is -0.909. The first-order valence-corrected chi connectivity index (χ1v) is 9.85. The average Bonchev–Trinajstić information content (AvgIpc) is 2.88. The lowest BCUT2D eigenvalue weighted by molar-refractivity contribution is -0.208. The Morgan fingerprint density at radius 2 is 1.67 bits per heavy atom. The molecule has 0 aromatic heterocycles. The Hall–Kier alpha value is -0.160. The van der Waals surface area contributed by atoms with Crippen molar-refractivity contribution >= 4 is 0 Å². The van der Waals surface area contributed by atoms with Gasteiger partial charge in [-0.25, -0.2) is 0 Å². The first-order valence-electron chi connectivity index (χ1n) is 9.85. The van der Waals surface area contributed by atoms with Gasteiger partial charge < -0.3 is 20.4 Å². The molecule has 0 radical (unpaired) electrons. The van der Waals surface area contributed by atoms with Crippen molar-refractivity contribution in [2.24, 2.45) is 34.0 Å². The van der Waals surface area contributed by atoms with Crippen LogP contribution >= 0.6 is 0 Å². The molecule has 0 aromatic carbocycles. The zero-order valence-electron chi connectivity index (χ0n) is 15.2. The molecule has 4 aliphatic rings. The van der Waals surface area contributed by atoms with Crippen LogP contribution in [0.5, 0.6) is 0 Å². The van der Waals surface area contributed by atoms with Gasteiger partial charge in [-0.1, -0.05) is 13.8 Å². The second-order valence-electron chi connectivity index (χ2n) is 10.2. The Bertz CT molecular complexity index is 524. The summed E-state index contributed by atoms with van der Waals surface area (Å²) in [6, 6.07) is 0. The van der Waals surface area contributed by atoms with E-state index in [0.717, 1.165) is 32.1 Å². The molecule has 4 aliphatic carbocycles. The lowest BCUT2D eigenvalue weighted by Crippen LogP contribution is -2.62. The molecule has 138 valence electrons. The third kappa shape index (κ3) is 1.94. The summed E-state index contributed by atoms with van der Waals surface area (Å²) in [5, 5.41) is 41.4. The standard InChI is InChI=1S/C20H34O4/c1-17(11-21)9-15(23)10-18(2)16(17)4-3-13-7-14-8-19(13,18)5-6-20(14,24)12-22/h13-16,21-24H,3-12H2,1-2H3/t13-,14-,15-,16?,17+,18-,19+,20+/m0/s1. The normalized spacial score (nSPS) is 59.8. The Balaban J connectivity index is 1.76. The average molecular weight is 338 g/mol. The Kier molecular flexibility index (Phi) is 3.73.